The number of hydrogen-bond donors (Lipinski definition) is 2. The Morgan fingerprint density at radius 2 is 2.38 bits per heavy atom. The first-order chi connectivity index (χ1) is 6.31. The first-order valence-corrected chi connectivity index (χ1v) is 4.23. The lowest BCUT2D eigenvalue weighted by Gasteiger charge is -1.89. The molecule has 0 bridgehead atoms. The molecule has 0 spiro atoms. The lowest BCUT2D eigenvalue weighted by molar-refractivity contribution is 0.580. The van der Waals surface area contributed by atoms with Crippen LogP contribution in [0.3, 0.4) is 0 Å². The van der Waals surface area contributed by atoms with Crippen molar-refractivity contribution in [2.24, 2.45) is 5.73 Å². The number of aromatic nitrogens is 1. The molecular formula is C10H12N2O. The first-order valence-electron chi connectivity index (χ1n) is 4.23. The third-order valence-corrected chi connectivity index (χ3v) is 2.13. The molecule has 2 aromatic rings. The van der Waals surface area contributed by atoms with E-state index < -0.39 is 0 Å². The van der Waals surface area contributed by atoms with Crippen LogP contribution in [0.4, 0.5) is 0 Å². The van der Waals surface area contributed by atoms with Crippen LogP contribution in [-0.4, -0.2) is 4.98 Å². The number of rotatable bonds is 2. The topological polar surface area (TPSA) is 55.0 Å². The molecule has 0 aliphatic carbocycles. The SMILES string of the molecule is Cc1[nH]c(-c2ccco2)cc1CN. The van der Waals surface area contributed by atoms with Crippen molar-refractivity contribution in [3.63, 3.8) is 0 Å². The number of hydrogen-bond acceptors (Lipinski definition) is 2. The summed E-state index contributed by atoms with van der Waals surface area (Å²) in [5.74, 6) is 0.850. The van der Waals surface area contributed by atoms with Crippen LogP contribution in [0.5, 0.6) is 0 Å². The molecule has 3 heteroatoms. The summed E-state index contributed by atoms with van der Waals surface area (Å²) in [7, 11) is 0. The van der Waals surface area contributed by atoms with Crippen molar-refractivity contribution in [1.82, 2.24) is 4.98 Å². The second kappa shape index (κ2) is 3.11. The lowest BCUT2D eigenvalue weighted by Crippen LogP contribution is -1.95. The van der Waals surface area contributed by atoms with Crippen LogP contribution in [0, 0.1) is 6.92 Å². The van der Waals surface area contributed by atoms with Gasteiger partial charge in [0.2, 0.25) is 0 Å². The van der Waals surface area contributed by atoms with Crippen LogP contribution in [-0.2, 0) is 6.54 Å². The molecule has 2 rings (SSSR count). The second-order valence-corrected chi connectivity index (χ2v) is 3.01. The Morgan fingerprint density at radius 1 is 1.54 bits per heavy atom. The molecule has 2 aromatic heterocycles. The fraction of sp³-hybridized carbons (Fsp3) is 0.200. The normalized spacial score (nSPS) is 10.6. The van der Waals surface area contributed by atoms with E-state index in [1.54, 1.807) is 6.26 Å². The average Bonchev–Trinajstić information content (AvgIpc) is 2.71. The van der Waals surface area contributed by atoms with E-state index in [2.05, 4.69) is 4.98 Å². The lowest BCUT2D eigenvalue weighted by atomic mass is 10.2. The molecule has 13 heavy (non-hydrogen) atoms. The number of H-pyrrole nitrogens is 1. The quantitative estimate of drug-likeness (QED) is 0.735. The standard InChI is InChI=1S/C10H12N2O/c1-7-8(6-11)5-9(12-7)10-3-2-4-13-10/h2-5,12H,6,11H2,1H3. The highest BCUT2D eigenvalue weighted by molar-refractivity contribution is 5.55. The summed E-state index contributed by atoms with van der Waals surface area (Å²) in [6.07, 6.45) is 1.66. The van der Waals surface area contributed by atoms with Gasteiger partial charge in [0.25, 0.3) is 0 Å². The van der Waals surface area contributed by atoms with Crippen molar-refractivity contribution in [3.8, 4) is 11.5 Å². The van der Waals surface area contributed by atoms with Crippen LogP contribution < -0.4 is 5.73 Å². The third kappa shape index (κ3) is 1.38. The van der Waals surface area contributed by atoms with Crippen LogP contribution in [0.25, 0.3) is 11.5 Å². The molecule has 2 heterocycles. The smallest absolute Gasteiger partial charge is 0.150 e. The maximum Gasteiger partial charge on any atom is 0.150 e. The summed E-state index contributed by atoms with van der Waals surface area (Å²) < 4.78 is 5.26. The van der Waals surface area contributed by atoms with Gasteiger partial charge in [-0.3, -0.25) is 0 Å². The Morgan fingerprint density at radius 3 is 2.92 bits per heavy atom. The Hall–Kier alpha value is -1.48. The molecule has 3 N–H and O–H groups in total. The minimum absolute atomic E-state index is 0.559. The molecule has 0 aliphatic rings. The van der Waals surface area contributed by atoms with E-state index in [0.717, 1.165) is 22.7 Å². The van der Waals surface area contributed by atoms with Gasteiger partial charge < -0.3 is 15.1 Å². The van der Waals surface area contributed by atoms with Gasteiger partial charge in [-0.05, 0) is 30.7 Å². The summed E-state index contributed by atoms with van der Waals surface area (Å²) >= 11 is 0. The molecule has 0 radical (unpaired) electrons. The van der Waals surface area contributed by atoms with Gasteiger partial charge in [-0.25, -0.2) is 0 Å². The predicted molar refractivity (Wildman–Crippen MR) is 51.1 cm³/mol. The molecule has 0 saturated heterocycles. The molecule has 0 amide bonds. The maximum absolute atomic E-state index is 5.57. The number of nitrogens with two attached hydrogens (primary N) is 1. The highest BCUT2D eigenvalue weighted by Gasteiger charge is 2.06. The van der Waals surface area contributed by atoms with Crippen LogP contribution in [0.15, 0.2) is 28.9 Å². The zero-order valence-corrected chi connectivity index (χ0v) is 7.50. The third-order valence-electron chi connectivity index (χ3n) is 2.13. The monoisotopic (exact) mass is 176 g/mol. The van der Waals surface area contributed by atoms with Gasteiger partial charge in [-0.15, -0.1) is 0 Å². The fourth-order valence-electron chi connectivity index (χ4n) is 1.38. The van der Waals surface area contributed by atoms with E-state index in [-0.39, 0.29) is 0 Å². The molecule has 0 fully saturated rings. The van der Waals surface area contributed by atoms with E-state index in [9.17, 15) is 0 Å². The van der Waals surface area contributed by atoms with Crippen molar-refractivity contribution in [3.05, 3.63) is 35.7 Å². The number of aromatic amines is 1. The summed E-state index contributed by atoms with van der Waals surface area (Å²) in [5.41, 5.74) is 8.79. The number of aryl methyl sites for hydroxylation is 1. The summed E-state index contributed by atoms with van der Waals surface area (Å²) in [5, 5.41) is 0. The summed E-state index contributed by atoms with van der Waals surface area (Å²) in [6.45, 7) is 2.57. The number of furan rings is 1. The van der Waals surface area contributed by atoms with Gasteiger partial charge in [0.05, 0.1) is 12.0 Å². The van der Waals surface area contributed by atoms with Crippen molar-refractivity contribution in [1.29, 1.82) is 0 Å². The van der Waals surface area contributed by atoms with Crippen LogP contribution in [0.2, 0.25) is 0 Å². The Labute approximate surface area is 76.6 Å². The van der Waals surface area contributed by atoms with Crippen LogP contribution >= 0.6 is 0 Å². The minimum atomic E-state index is 0.559. The fourth-order valence-corrected chi connectivity index (χ4v) is 1.38. The molecule has 0 atom stereocenters. The van der Waals surface area contributed by atoms with Crippen LogP contribution in [0.1, 0.15) is 11.3 Å². The van der Waals surface area contributed by atoms with E-state index in [0.29, 0.717) is 6.54 Å². The Kier molecular flexibility index (Phi) is 1.94. The zero-order chi connectivity index (χ0) is 9.26. The predicted octanol–water partition coefficient (Wildman–Crippen LogP) is 2.04. The second-order valence-electron chi connectivity index (χ2n) is 3.01. The first kappa shape index (κ1) is 8.13. The molecule has 0 aliphatic heterocycles. The molecule has 3 nitrogen and oxygen atoms in total. The summed E-state index contributed by atoms with van der Waals surface area (Å²) in [4.78, 5) is 3.22. The van der Waals surface area contributed by atoms with E-state index in [4.69, 9.17) is 10.2 Å². The van der Waals surface area contributed by atoms with Gasteiger partial charge in [0, 0.05) is 12.2 Å². The molecular weight excluding hydrogens is 164 g/mol. The Balaban J connectivity index is 2.43. The number of nitrogens with one attached hydrogen (secondary N) is 1. The van der Waals surface area contributed by atoms with E-state index in [1.807, 2.05) is 25.1 Å². The molecule has 0 aromatic carbocycles. The average molecular weight is 176 g/mol. The van der Waals surface area contributed by atoms with Crippen molar-refractivity contribution in [2.45, 2.75) is 13.5 Å². The van der Waals surface area contributed by atoms with Gasteiger partial charge in [-0.1, -0.05) is 0 Å². The molecule has 68 valence electrons. The van der Waals surface area contributed by atoms with Crippen molar-refractivity contribution in [2.75, 3.05) is 0 Å². The van der Waals surface area contributed by atoms with Crippen molar-refractivity contribution < 1.29 is 4.42 Å². The van der Waals surface area contributed by atoms with Gasteiger partial charge in [-0.2, -0.15) is 0 Å². The van der Waals surface area contributed by atoms with Gasteiger partial charge in [0.15, 0.2) is 0 Å². The van der Waals surface area contributed by atoms with E-state index >= 15 is 0 Å². The van der Waals surface area contributed by atoms with Gasteiger partial charge >= 0.3 is 0 Å². The zero-order valence-electron chi connectivity index (χ0n) is 7.50. The highest BCUT2D eigenvalue weighted by Crippen LogP contribution is 2.21. The minimum Gasteiger partial charge on any atom is -0.463 e. The largest absolute Gasteiger partial charge is 0.463 e. The Bertz CT molecular complexity index is 387. The van der Waals surface area contributed by atoms with Gasteiger partial charge in [0.1, 0.15) is 5.76 Å². The molecule has 0 saturated carbocycles. The van der Waals surface area contributed by atoms with E-state index in [1.165, 1.54) is 0 Å². The summed E-state index contributed by atoms with van der Waals surface area (Å²) in [6, 6.07) is 5.81. The maximum atomic E-state index is 5.57. The highest BCUT2D eigenvalue weighted by atomic mass is 16.3. The van der Waals surface area contributed by atoms with Crippen molar-refractivity contribution >= 4 is 0 Å². The molecule has 0 unspecified atom stereocenters.